The van der Waals surface area contributed by atoms with Crippen molar-refractivity contribution >= 4 is 18.6 Å². The summed E-state index contributed by atoms with van der Waals surface area (Å²) in [5.74, 6) is -0.251. The van der Waals surface area contributed by atoms with Crippen LogP contribution in [-0.4, -0.2) is 24.3 Å². The van der Waals surface area contributed by atoms with E-state index < -0.39 is 0 Å². The predicted octanol–water partition coefficient (Wildman–Crippen LogP) is 3.39. The molecular formula is C18H27BO4. The lowest BCUT2D eigenvalue weighted by Gasteiger charge is -2.32. The van der Waals surface area contributed by atoms with Gasteiger partial charge in [0, 0.05) is 6.92 Å². The Morgan fingerprint density at radius 3 is 2.09 bits per heavy atom. The first-order valence-corrected chi connectivity index (χ1v) is 8.29. The summed E-state index contributed by atoms with van der Waals surface area (Å²) in [7, 11) is -0.368. The van der Waals surface area contributed by atoms with Crippen molar-refractivity contribution in [1.82, 2.24) is 0 Å². The third-order valence-corrected chi connectivity index (χ3v) is 4.69. The van der Waals surface area contributed by atoms with Crippen molar-refractivity contribution in [3.8, 4) is 0 Å². The summed E-state index contributed by atoms with van der Waals surface area (Å²) in [6, 6.07) is 7.96. The number of hydrogen-bond acceptors (Lipinski definition) is 4. The van der Waals surface area contributed by atoms with E-state index in [0.29, 0.717) is 0 Å². The molecule has 1 aromatic rings. The van der Waals surface area contributed by atoms with Crippen molar-refractivity contribution in [2.75, 3.05) is 0 Å². The van der Waals surface area contributed by atoms with Gasteiger partial charge in [0.15, 0.2) is 0 Å². The number of ether oxygens (including phenoxy) is 1. The first-order chi connectivity index (χ1) is 10.7. The maximum absolute atomic E-state index is 11.3. The summed E-state index contributed by atoms with van der Waals surface area (Å²) in [6.45, 7) is 11.7. The second-order valence-electron chi connectivity index (χ2n) is 7.14. The average Bonchev–Trinajstić information content (AvgIpc) is 2.67. The highest BCUT2D eigenvalue weighted by Crippen LogP contribution is 2.36. The number of carbonyl (C=O) groups excluding carboxylic acids is 1. The molecule has 126 valence electrons. The van der Waals surface area contributed by atoms with E-state index in [2.05, 4.69) is 6.92 Å². The zero-order chi connectivity index (χ0) is 17.3. The molecule has 5 heteroatoms. The van der Waals surface area contributed by atoms with Crippen LogP contribution in [0.5, 0.6) is 0 Å². The molecule has 0 N–H and O–H groups in total. The number of esters is 1. The Morgan fingerprint density at radius 2 is 1.65 bits per heavy atom. The van der Waals surface area contributed by atoms with E-state index >= 15 is 0 Å². The Balaban J connectivity index is 2.15. The third-order valence-electron chi connectivity index (χ3n) is 4.69. The highest BCUT2D eigenvalue weighted by Gasteiger charge is 2.51. The molecule has 1 aliphatic rings. The maximum Gasteiger partial charge on any atom is 0.494 e. The van der Waals surface area contributed by atoms with Crippen LogP contribution in [-0.2, 0) is 18.8 Å². The van der Waals surface area contributed by atoms with Gasteiger partial charge in [0.1, 0.15) is 6.10 Å². The van der Waals surface area contributed by atoms with Crippen LogP contribution >= 0.6 is 0 Å². The van der Waals surface area contributed by atoms with E-state index in [0.717, 1.165) is 23.9 Å². The molecule has 2 rings (SSSR count). The fourth-order valence-corrected chi connectivity index (χ4v) is 2.60. The molecule has 0 amide bonds. The highest BCUT2D eigenvalue weighted by atomic mass is 16.7. The predicted molar refractivity (Wildman–Crippen MR) is 91.6 cm³/mol. The van der Waals surface area contributed by atoms with Crippen LogP contribution in [0.15, 0.2) is 24.3 Å². The second-order valence-corrected chi connectivity index (χ2v) is 7.14. The summed E-state index contributed by atoms with van der Waals surface area (Å²) >= 11 is 0. The molecule has 1 fully saturated rings. The lowest BCUT2D eigenvalue weighted by atomic mass is 9.78. The minimum atomic E-state index is -0.368. The molecule has 0 radical (unpaired) electrons. The molecule has 1 heterocycles. The van der Waals surface area contributed by atoms with Gasteiger partial charge in [0.25, 0.3) is 0 Å². The summed E-state index contributed by atoms with van der Waals surface area (Å²) in [4.78, 5) is 11.3. The zero-order valence-corrected chi connectivity index (χ0v) is 15.0. The Labute approximate surface area is 139 Å². The number of hydrogen-bond donors (Lipinski definition) is 0. The Morgan fingerprint density at radius 1 is 1.13 bits per heavy atom. The van der Waals surface area contributed by atoms with E-state index in [9.17, 15) is 4.79 Å². The normalized spacial score (nSPS) is 20.3. The minimum absolute atomic E-state index is 0.190. The van der Waals surface area contributed by atoms with Crippen molar-refractivity contribution < 1.29 is 18.8 Å². The SMILES string of the molecule is CCC[C@@H](OC(C)=O)c1ccc(B2OC(C)(C)C(C)(C)O2)cc1. The second kappa shape index (κ2) is 6.66. The minimum Gasteiger partial charge on any atom is -0.458 e. The van der Waals surface area contributed by atoms with Crippen LogP contribution in [0.3, 0.4) is 0 Å². The van der Waals surface area contributed by atoms with E-state index in [4.69, 9.17) is 14.0 Å². The number of rotatable bonds is 5. The van der Waals surface area contributed by atoms with E-state index in [1.54, 1.807) is 0 Å². The molecule has 0 spiro atoms. The van der Waals surface area contributed by atoms with Crippen LogP contribution < -0.4 is 5.46 Å². The van der Waals surface area contributed by atoms with Crippen LogP contribution in [0, 0.1) is 0 Å². The van der Waals surface area contributed by atoms with Crippen LogP contribution in [0.1, 0.15) is 66.1 Å². The highest BCUT2D eigenvalue weighted by molar-refractivity contribution is 6.62. The number of benzene rings is 1. The Bertz CT molecular complexity index is 535. The molecule has 1 saturated heterocycles. The fourth-order valence-electron chi connectivity index (χ4n) is 2.60. The van der Waals surface area contributed by atoms with Gasteiger partial charge in [-0.05, 0) is 45.1 Å². The standard InChI is InChI=1S/C18H27BO4/c1-7-8-16(21-13(2)20)14-9-11-15(12-10-14)19-22-17(3,4)18(5,6)23-19/h9-12,16H,7-8H2,1-6H3/t16-/m1/s1. The van der Waals surface area contributed by atoms with Crippen molar-refractivity contribution in [2.24, 2.45) is 0 Å². The fraction of sp³-hybridized carbons (Fsp3) is 0.611. The van der Waals surface area contributed by atoms with Crippen molar-refractivity contribution in [3.05, 3.63) is 29.8 Å². The first-order valence-electron chi connectivity index (χ1n) is 8.29. The third kappa shape index (κ3) is 3.96. The molecule has 0 unspecified atom stereocenters. The summed E-state index contributed by atoms with van der Waals surface area (Å²) in [5.41, 5.74) is 1.28. The zero-order valence-electron chi connectivity index (χ0n) is 15.0. The monoisotopic (exact) mass is 318 g/mol. The van der Waals surface area contributed by atoms with Gasteiger partial charge in [-0.1, -0.05) is 37.6 Å². The van der Waals surface area contributed by atoms with Crippen LogP contribution in [0.2, 0.25) is 0 Å². The Hall–Kier alpha value is -1.33. The van der Waals surface area contributed by atoms with E-state index in [1.807, 2.05) is 52.0 Å². The molecule has 0 saturated carbocycles. The summed E-state index contributed by atoms with van der Waals surface area (Å²) in [6.07, 6.45) is 1.58. The smallest absolute Gasteiger partial charge is 0.458 e. The molecular weight excluding hydrogens is 291 g/mol. The molecule has 1 aliphatic heterocycles. The van der Waals surface area contributed by atoms with Gasteiger partial charge in [-0.15, -0.1) is 0 Å². The van der Waals surface area contributed by atoms with E-state index in [-0.39, 0.29) is 30.4 Å². The van der Waals surface area contributed by atoms with E-state index in [1.165, 1.54) is 6.92 Å². The van der Waals surface area contributed by atoms with Gasteiger partial charge in [-0.2, -0.15) is 0 Å². The summed E-state index contributed by atoms with van der Waals surface area (Å²) < 4.78 is 17.5. The van der Waals surface area contributed by atoms with Gasteiger partial charge >= 0.3 is 13.1 Å². The maximum atomic E-state index is 11.3. The van der Waals surface area contributed by atoms with Crippen molar-refractivity contribution in [1.29, 1.82) is 0 Å². The van der Waals surface area contributed by atoms with Gasteiger partial charge in [0.2, 0.25) is 0 Å². The van der Waals surface area contributed by atoms with Gasteiger partial charge < -0.3 is 14.0 Å². The van der Waals surface area contributed by atoms with Crippen LogP contribution in [0.4, 0.5) is 0 Å². The van der Waals surface area contributed by atoms with Gasteiger partial charge in [-0.3, -0.25) is 4.79 Å². The Kier molecular flexibility index (Phi) is 5.22. The molecule has 0 aliphatic carbocycles. The summed E-state index contributed by atoms with van der Waals surface area (Å²) in [5, 5.41) is 0. The van der Waals surface area contributed by atoms with Gasteiger partial charge in [-0.25, -0.2) is 0 Å². The quantitative estimate of drug-likeness (QED) is 0.617. The molecule has 0 aromatic heterocycles. The van der Waals surface area contributed by atoms with Crippen LogP contribution in [0.25, 0.3) is 0 Å². The lowest BCUT2D eigenvalue weighted by Crippen LogP contribution is -2.41. The van der Waals surface area contributed by atoms with Crippen molar-refractivity contribution in [2.45, 2.75) is 71.7 Å². The van der Waals surface area contributed by atoms with Gasteiger partial charge in [0.05, 0.1) is 11.2 Å². The largest absolute Gasteiger partial charge is 0.494 e. The molecule has 1 aromatic carbocycles. The lowest BCUT2D eigenvalue weighted by molar-refractivity contribution is -0.147. The molecule has 4 nitrogen and oxygen atoms in total. The first kappa shape index (κ1) is 18.0. The average molecular weight is 318 g/mol. The molecule has 1 atom stereocenters. The molecule has 23 heavy (non-hydrogen) atoms. The topological polar surface area (TPSA) is 44.8 Å². The number of carbonyl (C=O) groups is 1. The molecule has 0 bridgehead atoms. The van der Waals surface area contributed by atoms with Crippen molar-refractivity contribution in [3.63, 3.8) is 0 Å².